The highest BCUT2D eigenvalue weighted by atomic mass is 16.5. The third kappa shape index (κ3) is 3.24. The average molecular weight is 404 g/mol. The number of aliphatic hydroxyl groups excluding tert-OH is 1. The van der Waals surface area contributed by atoms with Crippen LogP contribution in [0.5, 0.6) is 0 Å². The number of aromatic nitrogens is 4. The van der Waals surface area contributed by atoms with E-state index in [0.29, 0.717) is 6.04 Å². The van der Waals surface area contributed by atoms with Crippen LogP contribution in [0.2, 0.25) is 0 Å². The zero-order valence-electron chi connectivity index (χ0n) is 17.0. The Morgan fingerprint density at radius 2 is 2.23 bits per heavy atom. The molecule has 1 unspecified atom stereocenters. The van der Waals surface area contributed by atoms with Crippen molar-refractivity contribution in [3.05, 3.63) is 53.7 Å². The number of hydrogen-bond donors (Lipinski definition) is 3. The van der Waals surface area contributed by atoms with Gasteiger partial charge in [-0.1, -0.05) is 11.2 Å². The highest BCUT2D eigenvalue weighted by molar-refractivity contribution is 5.74. The molecule has 1 aliphatic heterocycles. The molecule has 4 aromatic rings. The van der Waals surface area contributed by atoms with Gasteiger partial charge in [0.15, 0.2) is 0 Å². The first-order valence-corrected chi connectivity index (χ1v) is 10.1. The van der Waals surface area contributed by atoms with E-state index in [9.17, 15) is 5.11 Å². The molecule has 1 saturated heterocycles. The first kappa shape index (κ1) is 18.8. The van der Waals surface area contributed by atoms with Crippen LogP contribution in [0.15, 0.2) is 41.2 Å². The molecule has 0 bridgehead atoms. The lowest BCUT2D eigenvalue weighted by Gasteiger charge is -2.13. The van der Waals surface area contributed by atoms with E-state index in [0.717, 1.165) is 70.5 Å². The number of pyridine rings is 2. The summed E-state index contributed by atoms with van der Waals surface area (Å²) in [5, 5.41) is 20.9. The SMILES string of the molecule is Cc1noc(C)c1-c1cn2c(-c3cccc(NC4CCNC4)n3)cnc2cc1CO. The van der Waals surface area contributed by atoms with Crippen molar-refractivity contribution in [1.82, 2.24) is 24.8 Å². The number of rotatable bonds is 5. The van der Waals surface area contributed by atoms with E-state index in [4.69, 9.17) is 9.51 Å². The molecule has 8 heteroatoms. The van der Waals surface area contributed by atoms with Gasteiger partial charge >= 0.3 is 0 Å². The summed E-state index contributed by atoms with van der Waals surface area (Å²) in [5.41, 5.74) is 5.83. The smallest absolute Gasteiger partial charge is 0.141 e. The lowest BCUT2D eigenvalue weighted by Crippen LogP contribution is -2.22. The maximum Gasteiger partial charge on any atom is 0.141 e. The fourth-order valence-electron chi connectivity index (χ4n) is 4.12. The number of anilines is 1. The highest BCUT2D eigenvalue weighted by Crippen LogP contribution is 2.32. The summed E-state index contributed by atoms with van der Waals surface area (Å²) in [6.07, 6.45) is 4.89. The second kappa shape index (κ2) is 7.55. The molecule has 0 radical (unpaired) electrons. The molecular formula is C22H24N6O2. The Balaban J connectivity index is 1.60. The van der Waals surface area contributed by atoms with Crippen LogP contribution in [-0.2, 0) is 6.61 Å². The Bertz CT molecular complexity index is 1190. The van der Waals surface area contributed by atoms with Gasteiger partial charge in [-0.15, -0.1) is 0 Å². The summed E-state index contributed by atoms with van der Waals surface area (Å²) in [6.45, 7) is 5.67. The second-order valence-electron chi connectivity index (χ2n) is 7.68. The van der Waals surface area contributed by atoms with Crippen LogP contribution in [0.4, 0.5) is 5.82 Å². The van der Waals surface area contributed by atoms with E-state index in [-0.39, 0.29) is 6.61 Å². The molecule has 1 fully saturated rings. The lowest BCUT2D eigenvalue weighted by atomic mass is 10.0. The van der Waals surface area contributed by atoms with Crippen LogP contribution in [0.1, 0.15) is 23.4 Å². The lowest BCUT2D eigenvalue weighted by molar-refractivity contribution is 0.282. The molecule has 154 valence electrons. The van der Waals surface area contributed by atoms with Gasteiger partial charge in [-0.25, -0.2) is 9.97 Å². The molecular weight excluding hydrogens is 380 g/mol. The highest BCUT2D eigenvalue weighted by Gasteiger charge is 2.19. The van der Waals surface area contributed by atoms with Crippen molar-refractivity contribution in [2.24, 2.45) is 0 Å². The van der Waals surface area contributed by atoms with E-state index in [1.807, 2.05) is 54.9 Å². The summed E-state index contributed by atoms with van der Waals surface area (Å²) >= 11 is 0. The predicted molar refractivity (Wildman–Crippen MR) is 114 cm³/mol. The van der Waals surface area contributed by atoms with Gasteiger partial charge in [-0.3, -0.25) is 4.40 Å². The molecule has 1 aliphatic rings. The molecule has 30 heavy (non-hydrogen) atoms. The largest absolute Gasteiger partial charge is 0.392 e. The molecule has 0 saturated carbocycles. The Morgan fingerprint density at radius 3 is 2.97 bits per heavy atom. The quantitative estimate of drug-likeness (QED) is 0.470. The molecule has 0 amide bonds. The Hall–Kier alpha value is -3.23. The molecule has 5 rings (SSSR count). The maximum absolute atomic E-state index is 9.94. The van der Waals surface area contributed by atoms with Crippen molar-refractivity contribution < 1.29 is 9.63 Å². The molecule has 0 aromatic carbocycles. The van der Waals surface area contributed by atoms with Crippen LogP contribution < -0.4 is 10.6 Å². The summed E-state index contributed by atoms with van der Waals surface area (Å²) in [7, 11) is 0. The van der Waals surface area contributed by atoms with Crippen LogP contribution in [0.25, 0.3) is 28.2 Å². The van der Waals surface area contributed by atoms with Crippen molar-refractivity contribution in [1.29, 1.82) is 0 Å². The van der Waals surface area contributed by atoms with Crippen molar-refractivity contribution in [3.8, 4) is 22.5 Å². The summed E-state index contributed by atoms with van der Waals surface area (Å²) < 4.78 is 7.36. The Kier molecular flexibility index (Phi) is 4.72. The minimum absolute atomic E-state index is 0.0921. The molecule has 5 heterocycles. The minimum Gasteiger partial charge on any atom is -0.392 e. The number of fused-ring (bicyclic) bond motifs is 1. The van der Waals surface area contributed by atoms with E-state index in [1.54, 1.807) is 0 Å². The third-order valence-electron chi connectivity index (χ3n) is 5.63. The Labute approximate surface area is 174 Å². The van der Waals surface area contributed by atoms with Crippen molar-refractivity contribution >= 4 is 11.5 Å². The van der Waals surface area contributed by atoms with E-state index < -0.39 is 0 Å². The number of aliphatic hydroxyl groups is 1. The molecule has 0 aliphatic carbocycles. The topological polar surface area (TPSA) is 101 Å². The first-order chi connectivity index (χ1) is 14.6. The molecule has 8 nitrogen and oxygen atoms in total. The number of imidazole rings is 1. The number of aryl methyl sites for hydroxylation is 2. The third-order valence-corrected chi connectivity index (χ3v) is 5.63. The monoisotopic (exact) mass is 404 g/mol. The van der Waals surface area contributed by atoms with Gasteiger partial charge in [0.05, 0.1) is 29.9 Å². The molecule has 1 atom stereocenters. The van der Waals surface area contributed by atoms with Gasteiger partial charge in [0.25, 0.3) is 0 Å². The van der Waals surface area contributed by atoms with Crippen LogP contribution in [0, 0.1) is 13.8 Å². The normalized spacial score (nSPS) is 16.4. The number of nitrogens with zero attached hydrogens (tertiary/aromatic N) is 4. The predicted octanol–water partition coefficient (Wildman–Crippen LogP) is 2.93. The van der Waals surface area contributed by atoms with E-state index in [2.05, 4.69) is 20.8 Å². The van der Waals surface area contributed by atoms with E-state index in [1.165, 1.54) is 0 Å². The second-order valence-corrected chi connectivity index (χ2v) is 7.68. The van der Waals surface area contributed by atoms with Crippen molar-refractivity contribution in [2.45, 2.75) is 32.9 Å². The Morgan fingerprint density at radius 1 is 1.33 bits per heavy atom. The molecule has 3 N–H and O–H groups in total. The van der Waals surface area contributed by atoms with Gasteiger partial charge in [0.1, 0.15) is 17.2 Å². The van der Waals surface area contributed by atoms with Gasteiger partial charge in [-0.05, 0) is 50.6 Å². The van der Waals surface area contributed by atoms with Gasteiger partial charge in [0, 0.05) is 29.9 Å². The van der Waals surface area contributed by atoms with Crippen molar-refractivity contribution in [3.63, 3.8) is 0 Å². The van der Waals surface area contributed by atoms with Crippen LogP contribution in [-0.4, -0.2) is 43.8 Å². The average Bonchev–Trinajstić information content (AvgIpc) is 3.48. The molecule has 4 aromatic heterocycles. The van der Waals surface area contributed by atoms with Crippen LogP contribution >= 0.6 is 0 Å². The molecule has 0 spiro atoms. The van der Waals surface area contributed by atoms with Gasteiger partial charge in [-0.2, -0.15) is 0 Å². The summed E-state index contributed by atoms with van der Waals surface area (Å²) in [6, 6.07) is 8.27. The number of nitrogens with one attached hydrogen (secondary N) is 2. The number of hydrogen-bond acceptors (Lipinski definition) is 7. The standard InChI is InChI=1S/C22H24N6O2/c1-13-22(14(2)30-27-13)17-11-28-19(10-24-21(28)8-15(17)12-29)18-4-3-5-20(26-18)25-16-6-7-23-9-16/h3-5,8,10-11,16,23,29H,6-7,9,12H2,1-2H3,(H,25,26). The summed E-state index contributed by atoms with van der Waals surface area (Å²) in [4.78, 5) is 9.37. The van der Waals surface area contributed by atoms with E-state index >= 15 is 0 Å². The van der Waals surface area contributed by atoms with Gasteiger partial charge < -0.3 is 20.3 Å². The van der Waals surface area contributed by atoms with Gasteiger partial charge in [0.2, 0.25) is 0 Å². The van der Waals surface area contributed by atoms with Crippen molar-refractivity contribution in [2.75, 3.05) is 18.4 Å². The fraction of sp³-hybridized carbons (Fsp3) is 0.318. The minimum atomic E-state index is -0.0921. The maximum atomic E-state index is 9.94. The zero-order chi connectivity index (χ0) is 20.7. The van der Waals surface area contributed by atoms with Crippen LogP contribution in [0.3, 0.4) is 0 Å². The summed E-state index contributed by atoms with van der Waals surface area (Å²) in [5.74, 6) is 1.58. The fourth-order valence-corrected chi connectivity index (χ4v) is 4.12. The first-order valence-electron chi connectivity index (χ1n) is 10.1. The zero-order valence-corrected chi connectivity index (χ0v) is 17.0.